The van der Waals surface area contributed by atoms with Crippen molar-refractivity contribution in [3.63, 3.8) is 0 Å². The summed E-state index contributed by atoms with van der Waals surface area (Å²) in [6.45, 7) is 9.20. The standard InChI is InChI=1S/C22H43N5O6/c1-12(2)10-16(20(30)26-17(22(32)33)11-13(3)4)25-21(31)18(14(5)28)27-19(29)15(24)8-6-7-9-23/h12-18,28H,6-11,23-24H2,1-5H3,(H,25,31)(H,26,30)(H,27,29)(H,32,33). The van der Waals surface area contributed by atoms with E-state index >= 15 is 0 Å². The minimum atomic E-state index is -1.33. The first kappa shape index (κ1) is 30.8. The fraction of sp³-hybridized carbons (Fsp3) is 0.818. The Hall–Kier alpha value is -2.24. The molecule has 0 aromatic heterocycles. The van der Waals surface area contributed by atoms with Gasteiger partial charge >= 0.3 is 5.97 Å². The Balaban J connectivity index is 5.34. The van der Waals surface area contributed by atoms with E-state index in [1.165, 1.54) is 6.92 Å². The van der Waals surface area contributed by atoms with E-state index in [2.05, 4.69) is 16.0 Å². The lowest BCUT2D eigenvalue weighted by Gasteiger charge is -2.27. The zero-order chi connectivity index (χ0) is 25.7. The Kier molecular flexibility index (Phi) is 14.5. The van der Waals surface area contributed by atoms with Crippen LogP contribution in [0.2, 0.25) is 0 Å². The first-order valence-corrected chi connectivity index (χ1v) is 11.6. The summed E-state index contributed by atoms with van der Waals surface area (Å²) in [6, 6.07) is -4.33. The Morgan fingerprint density at radius 2 is 1.30 bits per heavy atom. The van der Waals surface area contributed by atoms with Gasteiger partial charge in [0.25, 0.3) is 0 Å². The van der Waals surface area contributed by atoms with Gasteiger partial charge in [-0.1, -0.05) is 34.1 Å². The largest absolute Gasteiger partial charge is 0.480 e. The molecule has 0 aromatic rings. The molecule has 5 atom stereocenters. The zero-order valence-corrected chi connectivity index (χ0v) is 20.5. The molecule has 0 aliphatic carbocycles. The molecule has 33 heavy (non-hydrogen) atoms. The van der Waals surface area contributed by atoms with E-state index in [1.54, 1.807) is 0 Å². The van der Waals surface area contributed by atoms with Crippen LogP contribution in [0.4, 0.5) is 0 Å². The van der Waals surface area contributed by atoms with Gasteiger partial charge in [0, 0.05) is 0 Å². The summed E-state index contributed by atoms with van der Waals surface area (Å²) in [4.78, 5) is 49.6. The van der Waals surface area contributed by atoms with E-state index in [1.807, 2.05) is 27.7 Å². The molecule has 0 saturated heterocycles. The lowest BCUT2D eigenvalue weighted by Crippen LogP contribution is -2.60. The third kappa shape index (κ3) is 12.5. The van der Waals surface area contributed by atoms with Crippen LogP contribution in [0.1, 0.15) is 66.7 Å². The molecule has 0 fully saturated rings. The van der Waals surface area contributed by atoms with Crippen LogP contribution in [0, 0.1) is 11.8 Å². The number of hydrogen-bond donors (Lipinski definition) is 7. The van der Waals surface area contributed by atoms with Crippen LogP contribution in [0.3, 0.4) is 0 Å². The molecule has 5 unspecified atom stereocenters. The van der Waals surface area contributed by atoms with Crippen molar-refractivity contribution in [2.24, 2.45) is 23.3 Å². The average molecular weight is 474 g/mol. The van der Waals surface area contributed by atoms with Crippen LogP contribution in [0.25, 0.3) is 0 Å². The number of aliphatic carboxylic acids is 1. The molecule has 0 aliphatic heterocycles. The zero-order valence-electron chi connectivity index (χ0n) is 20.5. The summed E-state index contributed by atoms with van der Waals surface area (Å²) in [5.74, 6) is -3.12. The lowest BCUT2D eigenvalue weighted by atomic mass is 10.00. The molecule has 0 saturated carbocycles. The number of unbranched alkanes of at least 4 members (excludes halogenated alkanes) is 1. The van der Waals surface area contributed by atoms with Crippen LogP contribution < -0.4 is 27.4 Å². The molecule has 0 heterocycles. The van der Waals surface area contributed by atoms with Gasteiger partial charge in [0.1, 0.15) is 18.1 Å². The van der Waals surface area contributed by atoms with Crippen LogP contribution in [0.5, 0.6) is 0 Å². The number of amides is 3. The average Bonchev–Trinajstić information content (AvgIpc) is 2.69. The van der Waals surface area contributed by atoms with Gasteiger partial charge < -0.3 is 37.6 Å². The second-order valence-corrected chi connectivity index (χ2v) is 9.34. The number of nitrogens with one attached hydrogen (secondary N) is 3. The SMILES string of the molecule is CC(C)CC(NC(=O)C(CC(C)C)NC(=O)C(NC(=O)C(N)CCCCN)C(C)O)C(=O)O. The Morgan fingerprint density at radius 1 is 0.788 bits per heavy atom. The van der Waals surface area contributed by atoms with Crippen LogP contribution >= 0.6 is 0 Å². The van der Waals surface area contributed by atoms with Gasteiger partial charge in [-0.2, -0.15) is 0 Å². The summed E-state index contributed by atoms with van der Waals surface area (Å²) in [5.41, 5.74) is 11.3. The summed E-state index contributed by atoms with van der Waals surface area (Å²) in [5, 5.41) is 26.9. The van der Waals surface area contributed by atoms with Gasteiger partial charge in [-0.15, -0.1) is 0 Å². The normalized spacial score (nSPS) is 15.9. The highest BCUT2D eigenvalue weighted by atomic mass is 16.4. The van der Waals surface area contributed by atoms with Gasteiger partial charge in [0.2, 0.25) is 17.7 Å². The number of nitrogens with two attached hydrogens (primary N) is 2. The molecule has 0 radical (unpaired) electrons. The third-order valence-corrected chi connectivity index (χ3v) is 5.03. The van der Waals surface area contributed by atoms with Crippen LogP contribution in [-0.4, -0.2) is 70.7 Å². The van der Waals surface area contributed by atoms with Crippen molar-refractivity contribution in [1.82, 2.24) is 16.0 Å². The second-order valence-electron chi connectivity index (χ2n) is 9.34. The number of carbonyl (C=O) groups excluding carboxylic acids is 3. The molecule has 11 heteroatoms. The molecule has 0 aliphatic rings. The monoisotopic (exact) mass is 473 g/mol. The van der Waals surface area contributed by atoms with Crippen molar-refractivity contribution < 1.29 is 29.4 Å². The molecule has 11 nitrogen and oxygen atoms in total. The molecule has 192 valence electrons. The molecular formula is C22H43N5O6. The minimum Gasteiger partial charge on any atom is -0.480 e. The number of rotatable bonds is 16. The highest BCUT2D eigenvalue weighted by Crippen LogP contribution is 2.10. The topological polar surface area (TPSA) is 197 Å². The van der Waals surface area contributed by atoms with Gasteiger partial charge in [-0.25, -0.2) is 4.79 Å². The van der Waals surface area contributed by atoms with E-state index in [-0.39, 0.29) is 24.7 Å². The van der Waals surface area contributed by atoms with Crippen molar-refractivity contribution >= 4 is 23.7 Å². The molecule has 9 N–H and O–H groups in total. The van der Waals surface area contributed by atoms with Crippen molar-refractivity contribution in [3.8, 4) is 0 Å². The number of hydrogen-bond acceptors (Lipinski definition) is 7. The fourth-order valence-electron chi connectivity index (χ4n) is 3.23. The van der Waals surface area contributed by atoms with Gasteiger partial charge in [0.05, 0.1) is 12.1 Å². The van der Waals surface area contributed by atoms with Gasteiger partial charge in [-0.3, -0.25) is 14.4 Å². The number of carboxylic acids is 1. The Bertz CT molecular complexity index is 641. The third-order valence-electron chi connectivity index (χ3n) is 5.03. The molecular weight excluding hydrogens is 430 g/mol. The van der Waals surface area contributed by atoms with Gasteiger partial charge in [0.15, 0.2) is 0 Å². The smallest absolute Gasteiger partial charge is 0.326 e. The summed E-state index contributed by atoms with van der Waals surface area (Å²) < 4.78 is 0. The number of carboxylic acid groups (broad SMARTS) is 1. The van der Waals surface area contributed by atoms with Crippen molar-refractivity contribution in [2.75, 3.05) is 6.54 Å². The highest BCUT2D eigenvalue weighted by molar-refractivity contribution is 5.94. The number of aliphatic hydroxyl groups excluding tert-OH is 1. The maximum Gasteiger partial charge on any atom is 0.326 e. The van der Waals surface area contributed by atoms with Crippen LogP contribution in [-0.2, 0) is 19.2 Å². The molecule has 0 rings (SSSR count). The predicted octanol–water partition coefficient (Wildman–Crippen LogP) is -0.545. The van der Waals surface area contributed by atoms with Crippen molar-refractivity contribution in [3.05, 3.63) is 0 Å². The lowest BCUT2D eigenvalue weighted by molar-refractivity contribution is -0.143. The predicted molar refractivity (Wildman–Crippen MR) is 125 cm³/mol. The van der Waals surface area contributed by atoms with E-state index in [0.29, 0.717) is 25.8 Å². The fourth-order valence-corrected chi connectivity index (χ4v) is 3.23. The molecule has 0 spiro atoms. The summed E-state index contributed by atoms with van der Waals surface area (Å²) in [6.07, 6.45) is 0.959. The summed E-state index contributed by atoms with van der Waals surface area (Å²) >= 11 is 0. The van der Waals surface area contributed by atoms with E-state index in [0.717, 1.165) is 0 Å². The molecule has 0 aromatic carbocycles. The summed E-state index contributed by atoms with van der Waals surface area (Å²) in [7, 11) is 0. The molecule has 3 amide bonds. The minimum absolute atomic E-state index is 0.00462. The van der Waals surface area contributed by atoms with Gasteiger partial charge in [-0.05, 0) is 51.0 Å². The Morgan fingerprint density at radius 3 is 1.76 bits per heavy atom. The Labute approximate surface area is 196 Å². The van der Waals surface area contributed by atoms with Crippen LogP contribution in [0.15, 0.2) is 0 Å². The second kappa shape index (κ2) is 15.6. The quantitative estimate of drug-likeness (QED) is 0.145. The van der Waals surface area contributed by atoms with E-state index in [4.69, 9.17) is 11.5 Å². The van der Waals surface area contributed by atoms with E-state index in [9.17, 15) is 29.4 Å². The van der Waals surface area contributed by atoms with E-state index < -0.39 is 54.0 Å². The number of carbonyl (C=O) groups is 4. The maximum absolute atomic E-state index is 12.9. The highest BCUT2D eigenvalue weighted by Gasteiger charge is 2.32. The number of aliphatic hydroxyl groups is 1. The first-order chi connectivity index (χ1) is 15.3. The van der Waals surface area contributed by atoms with Crippen molar-refractivity contribution in [1.29, 1.82) is 0 Å². The molecule has 0 bridgehead atoms. The maximum atomic E-state index is 12.9. The van der Waals surface area contributed by atoms with Crippen molar-refractivity contribution in [2.45, 2.75) is 97.0 Å². The first-order valence-electron chi connectivity index (χ1n) is 11.6.